The number of Topliss-reactive ketones (excluding diaryl/α,β-unsaturated/α-hetero) is 1. The van der Waals surface area contributed by atoms with E-state index in [9.17, 15) is 19.2 Å². The number of benzene rings is 1. The number of aryl methyl sites for hydroxylation is 1. The van der Waals surface area contributed by atoms with Crippen LogP contribution in [0.25, 0.3) is 0 Å². The standard InChI is InChI=1S/C21H27N5O4/c1-14-6-4-5-7-15(14)12-17(28)26-10-8-25(9-11-26)13-16(27)18-19(22)23(2)21(30)24(3)20(18)29/h4-7H,8-13,22H2,1-3H3. The van der Waals surface area contributed by atoms with Gasteiger partial charge in [0.15, 0.2) is 5.78 Å². The van der Waals surface area contributed by atoms with Crippen LogP contribution < -0.4 is 17.0 Å². The van der Waals surface area contributed by atoms with E-state index in [1.165, 1.54) is 14.1 Å². The summed E-state index contributed by atoms with van der Waals surface area (Å²) in [7, 11) is 2.74. The third-order valence-electron chi connectivity index (χ3n) is 5.68. The number of nitrogen functional groups attached to an aromatic ring is 1. The molecule has 1 saturated heterocycles. The van der Waals surface area contributed by atoms with Crippen molar-refractivity contribution in [2.75, 3.05) is 38.5 Å². The van der Waals surface area contributed by atoms with Crippen LogP contribution in [0.4, 0.5) is 5.82 Å². The quantitative estimate of drug-likeness (QED) is 0.665. The van der Waals surface area contributed by atoms with Gasteiger partial charge in [-0.1, -0.05) is 24.3 Å². The van der Waals surface area contributed by atoms with Crippen LogP contribution in [0.3, 0.4) is 0 Å². The Balaban J connectivity index is 1.62. The SMILES string of the molecule is Cc1ccccc1CC(=O)N1CCN(CC(=O)c2c(N)n(C)c(=O)n(C)c2=O)CC1. The van der Waals surface area contributed by atoms with Crippen molar-refractivity contribution in [3.63, 3.8) is 0 Å². The molecule has 0 aliphatic carbocycles. The molecule has 2 heterocycles. The second-order valence-electron chi connectivity index (χ2n) is 7.65. The highest BCUT2D eigenvalue weighted by molar-refractivity contribution is 6.01. The van der Waals surface area contributed by atoms with Gasteiger partial charge in [-0.05, 0) is 18.1 Å². The number of carbonyl (C=O) groups is 2. The van der Waals surface area contributed by atoms with E-state index in [1.807, 2.05) is 36.1 Å². The van der Waals surface area contributed by atoms with E-state index < -0.39 is 17.0 Å². The number of anilines is 1. The third kappa shape index (κ3) is 4.20. The zero-order chi connectivity index (χ0) is 22.0. The maximum Gasteiger partial charge on any atom is 0.332 e. The molecule has 1 aromatic carbocycles. The summed E-state index contributed by atoms with van der Waals surface area (Å²) in [5.74, 6) is -0.491. The van der Waals surface area contributed by atoms with E-state index in [0.717, 1.165) is 20.3 Å². The molecule has 0 bridgehead atoms. The number of hydrogen-bond donors (Lipinski definition) is 1. The first-order valence-corrected chi connectivity index (χ1v) is 9.84. The first-order chi connectivity index (χ1) is 14.2. The number of amides is 1. The molecule has 1 fully saturated rings. The smallest absolute Gasteiger partial charge is 0.332 e. The van der Waals surface area contributed by atoms with Crippen LogP contribution in [0.5, 0.6) is 0 Å². The third-order valence-corrected chi connectivity index (χ3v) is 5.68. The zero-order valence-electron chi connectivity index (χ0n) is 17.6. The largest absolute Gasteiger partial charge is 0.384 e. The van der Waals surface area contributed by atoms with E-state index in [-0.39, 0.29) is 23.8 Å². The monoisotopic (exact) mass is 413 g/mol. The molecule has 3 rings (SSSR count). The molecule has 0 atom stereocenters. The maximum absolute atomic E-state index is 12.7. The van der Waals surface area contributed by atoms with E-state index >= 15 is 0 Å². The van der Waals surface area contributed by atoms with Crippen LogP contribution >= 0.6 is 0 Å². The van der Waals surface area contributed by atoms with Crippen LogP contribution in [0.1, 0.15) is 21.5 Å². The second kappa shape index (κ2) is 8.66. The van der Waals surface area contributed by atoms with Crippen molar-refractivity contribution in [2.24, 2.45) is 14.1 Å². The summed E-state index contributed by atoms with van der Waals surface area (Å²) in [5, 5.41) is 0. The van der Waals surface area contributed by atoms with Gasteiger partial charge in [-0.15, -0.1) is 0 Å². The number of nitrogens with two attached hydrogens (primary N) is 1. The molecule has 0 unspecified atom stereocenters. The van der Waals surface area contributed by atoms with Gasteiger partial charge in [0, 0.05) is 40.3 Å². The lowest BCUT2D eigenvalue weighted by atomic mass is 10.1. The Bertz CT molecular complexity index is 1090. The summed E-state index contributed by atoms with van der Waals surface area (Å²) in [6.45, 7) is 4.07. The fourth-order valence-electron chi connectivity index (χ4n) is 3.64. The Kier molecular flexibility index (Phi) is 6.21. The number of nitrogens with zero attached hydrogens (tertiary/aromatic N) is 4. The van der Waals surface area contributed by atoms with E-state index in [0.29, 0.717) is 32.6 Å². The minimum Gasteiger partial charge on any atom is -0.384 e. The van der Waals surface area contributed by atoms with Gasteiger partial charge in [-0.3, -0.25) is 28.4 Å². The first-order valence-electron chi connectivity index (χ1n) is 9.84. The summed E-state index contributed by atoms with van der Waals surface area (Å²) >= 11 is 0. The molecular formula is C21H27N5O4. The molecule has 1 aliphatic heterocycles. The molecular weight excluding hydrogens is 386 g/mol. The summed E-state index contributed by atoms with van der Waals surface area (Å²) < 4.78 is 1.97. The molecule has 30 heavy (non-hydrogen) atoms. The van der Waals surface area contributed by atoms with Crippen molar-refractivity contribution < 1.29 is 9.59 Å². The fraction of sp³-hybridized carbons (Fsp3) is 0.429. The molecule has 0 radical (unpaired) electrons. The summed E-state index contributed by atoms with van der Waals surface area (Å²) in [6.07, 6.45) is 0.357. The van der Waals surface area contributed by atoms with Crippen LogP contribution in [0.2, 0.25) is 0 Å². The molecule has 1 amide bonds. The van der Waals surface area contributed by atoms with Crippen molar-refractivity contribution in [2.45, 2.75) is 13.3 Å². The minimum atomic E-state index is -0.687. The van der Waals surface area contributed by atoms with Gasteiger partial charge in [0.1, 0.15) is 11.4 Å². The number of aromatic nitrogens is 2. The second-order valence-corrected chi connectivity index (χ2v) is 7.65. The average molecular weight is 413 g/mol. The van der Waals surface area contributed by atoms with Crippen LogP contribution in [0, 0.1) is 6.92 Å². The molecule has 160 valence electrons. The van der Waals surface area contributed by atoms with Gasteiger partial charge in [0.2, 0.25) is 5.91 Å². The van der Waals surface area contributed by atoms with E-state index in [1.54, 1.807) is 4.90 Å². The molecule has 1 aliphatic rings. The first kappa shape index (κ1) is 21.5. The highest BCUT2D eigenvalue weighted by Crippen LogP contribution is 2.12. The van der Waals surface area contributed by atoms with Gasteiger partial charge >= 0.3 is 5.69 Å². The van der Waals surface area contributed by atoms with Gasteiger partial charge < -0.3 is 10.6 Å². The number of rotatable bonds is 5. The van der Waals surface area contributed by atoms with Gasteiger partial charge in [-0.25, -0.2) is 4.79 Å². The minimum absolute atomic E-state index is 0.0114. The number of ketones is 1. The predicted molar refractivity (Wildman–Crippen MR) is 114 cm³/mol. The Hall–Kier alpha value is -3.20. The molecule has 1 aromatic heterocycles. The fourth-order valence-corrected chi connectivity index (χ4v) is 3.64. The van der Waals surface area contributed by atoms with Crippen molar-refractivity contribution in [3.05, 3.63) is 61.8 Å². The molecule has 9 nitrogen and oxygen atoms in total. The van der Waals surface area contributed by atoms with Crippen molar-refractivity contribution >= 4 is 17.5 Å². The maximum atomic E-state index is 12.7. The van der Waals surface area contributed by atoms with Crippen LogP contribution in [-0.2, 0) is 25.3 Å². The average Bonchev–Trinajstić information content (AvgIpc) is 2.73. The van der Waals surface area contributed by atoms with Crippen molar-refractivity contribution in [1.29, 1.82) is 0 Å². The molecule has 2 aromatic rings. The molecule has 0 saturated carbocycles. The lowest BCUT2D eigenvalue weighted by molar-refractivity contribution is -0.132. The van der Waals surface area contributed by atoms with Crippen molar-refractivity contribution in [3.8, 4) is 0 Å². The lowest BCUT2D eigenvalue weighted by Crippen LogP contribution is -2.51. The highest BCUT2D eigenvalue weighted by atomic mass is 16.2. The molecule has 9 heteroatoms. The predicted octanol–water partition coefficient (Wildman–Crippen LogP) is -0.456. The topological polar surface area (TPSA) is 111 Å². The van der Waals surface area contributed by atoms with E-state index in [4.69, 9.17) is 5.73 Å². The number of piperazine rings is 1. The zero-order valence-corrected chi connectivity index (χ0v) is 17.6. The summed E-state index contributed by atoms with van der Waals surface area (Å²) in [5.41, 5.74) is 6.54. The number of carbonyl (C=O) groups excluding carboxylic acids is 2. The van der Waals surface area contributed by atoms with Gasteiger partial charge in [0.05, 0.1) is 13.0 Å². The normalized spacial score (nSPS) is 14.7. The summed E-state index contributed by atoms with van der Waals surface area (Å²) in [4.78, 5) is 53.3. The Morgan fingerprint density at radius 1 is 1.00 bits per heavy atom. The molecule has 2 N–H and O–H groups in total. The Morgan fingerprint density at radius 3 is 2.27 bits per heavy atom. The van der Waals surface area contributed by atoms with Gasteiger partial charge in [-0.2, -0.15) is 0 Å². The van der Waals surface area contributed by atoms with Crippen LogP contribution in [0.15, 0.2) is 33.9 Å². The van der Waals surface area contributed by atoms with Crippen LogP contribution in [-0.4, -0.2) is 63.3 Å². The number of hydrogen-bond acceptors (Lipinski definition) is 6. The molecule has 0 spiro atoms. The van der Waals surface area contributed by atoms with Crippen molar-refractivity contribution in [1.82, 2.24) is 18.9 Å². The van der Waals surface area contributed by atoms with E-state index in [2.05, 4.69) is 0 Å². The Morgan fingerprint density at radius 2 is 1.63 bits per heavy atom. The summed E-state index contributed by atoms with van der Waals surface area (Å²) in [6, 6.07) is 7.82. The highest BCUT2D eigenvalue weighted by Gasteiger charge is 2.26. The van der Waals surface area contributed by atoms with Gasteiger partial charge in [0.25, 0.3) is 5.56 Å². The lowest BCUT2D eigenvalue weighted by Gasteiger charge is -2.34. The Labute approximate surface area is 174 Å².